The Balaban J connectivity index is 3.06. The fraction of sp³-hybridized carbons (Fsp3) is 0.364. The smallest absolute Gasteiger partial charge is 0.311 e. The van der Waals surface area contributed by atoms with Crippen molar-refractivity contribution in [2.24, 2.45) is 10.9 Å². The lowest BCUT2D eigenvalue weighted by Crippen LogP contribution is -2.33. The molecular weight excluding hydrogens is 238 g/mol. The molecule has 0 aliphatic rings. The molecule has 0 saturated heterocycles. The molecule has 1 aromatic rings. The highest BCUT2D eigenvalue weighted by molar-refractivity contribution is 5.84. The largest absolute Gasteiger partial charge is 0.475 e. The van der Waals surface area contributed by atoms with Crippen LogP contribution in [0.2, 0.25) is 0 Å². The van der Waals surface area contributed by atoms with Crippen molar-refractivity contribution < 1.29 is 14.9 Å². The van der Waals surface area contributed by atoms with E-state index in [0.717, 1.165) is 5.56 Å². The number of nitrogens with zero attached hydrogens (tertiary/aromatic N) is 2. The Labute approximate surface area is 104 Å². The van der Waals surface area contributed by atoms with Crippen molar-refractivity contribution in [1.82, 2.24) is 0 Å². The zero-order valence-electron chi connectivity index (χ0n) is 10.2. The Bertz CT molecular complexity index is 473. The summed E-state index contributed by atoms with van der Waals surface area (Å²) in [5.41, 5.74) is 6.05. The molecule has 0 amide bonds. The number of rotatable bonds is 5. The van der Waals surface area contributed by atoms with Crippen molar-refractivity contribution in [2.45, 2.75) is 26.4 Å². The predicted octanol–water partition coefficient (Wildman–Crippen LogP) is 1.81. The summed E-state index contributed by atoms with van der Waals surface area (Å²) in [4.78, 5) is 10.4. The summed E-state index contributed by atoms with van der Waals surface area (Å²) in [6.07, 6.45) is -0.266. The minimum Gasteiger partial charge on any atom is -0.475 e. The number of hydrogen-bond donors (Lipinski definition) is 2. The van der Waals surface area contributed by atoms with Crippen LogP contribution in [0.25, 0.3) is 0 Å². The maximum absolute atomic E-state index is 10.9. The molecule has 98 valence electrons. The van der Waals surface area contributed by atoms with Crippen LogP contribution >= 0.6 is 0 Å². The van der Waals surface area contributed by atoms with Gasteiger partial charge in [-0.05, 0) is 25.0 Å². The molecule has 0 saturated carbocycles. The van der Waals surface area contributed by atoms with Gasteiger partial charge in [0.1, 0.15) is 0 Å². The van der Waals surface area contributed by atoms with Crippen molar-refractivity contribution in [1.29, 1.82) is 0 Å². The summed E-state index contributed by atoms with van der Waals surface area (Å²) in [5, 5.41) is 22.3. The molecule has 1 rings (SSSR count). The second-order valence-electron chi connectivity index (χ2n) is 3.77. The van der Waals surface area contributed by atoms with E-state index < -0.39 is 11.0 Å². The van der Waals surface area contributed by atoms with Crippen LogP contribution in [0.15, 0.2) is 23.4 Å². The van der Waals surface area contributed by atoms with Gasteiger partial charge in [-0.25, -0.2) is 0 Å². The summed E-state index contributed by atoms with van der Waals surface area (Å²) >= 11 is 0. The average Bonchev–Trinajstić information content (AvgIpc) is 2.36. The Hall–Kier alpha value is -2.31. The topological polar surface area (TPSA) is 111 Å². The van der Waals surface area contributed by atoms with Gasteiger partial charge in [-0.15, -0.1) is 0 Å². The molecule has 0 spiro atoms. The third kappa shape index (κ3) is 3.09. The van der Waals surface area contributed by atoms with Crippen molar-refractivity contribution in [2.75, 3.05) is 0 Å². The van der Waals surface area contributed by atoms with Gasteiger partial charge in [-0.3, -0.25) is 10.1 Å². The fourth-order valence-corrected chi connectivity index (χ4v) is 1.44. The Morgan fingerprint density at radius 1 is 1.67 bits per heavy atom. The number of aryl methyl sites for hydroxylation is 1. The van der Waals surface area contributed by atoms with E-state index in [9.17, 15) is 10.1 Å². The van der Waals surface area contributed by atoms with Crippen LogP contribution in [0.5, 0.6) is 5.75 Å². The highest BCUT2D eigenvalue weighted by Crippen LogP contribution is 2.29. The lowest BCUT2D eigenvalue weighted by atomic mass is 10.2. The lowest BCUT2D eigenvalue weighted by molar-refractivity contribution is -0.386. The molecule has 1 aromatic carbocycles. The molecule has 0 fully saturated rings. The van der Waals surface area contributed by atoms with Gasteiger partial charge >= 0.3 is 5.69 Å². The quantitative estimate of drug-likeness (QED) is 0.273. The molecule has 0 radical (unpaired) electrons. The number of nitrogens with two attached hydrogens (primary N) is 1. The van der Waals surface area contributed by atoms with Crippen LogP contribution in [0.1, 0.15) is 18.9 Å². The zero-order valence-corrected chi connectivity index (χ0v) is 10.2. The maximum atomic E-state index is 10.9. The first-order valence-corrected chi connectivity index (χ1v) is 5.38. The SMILES string of the molecule is CCC(Oc1ccc(C)cc1[N+](=O)[O-])C(N)=NO. The minimum atomic E-state index is -0.698. The van der Waals surface area contributed by atoms with Crippen molar-refractivity contribution in [3.8, 4) is 5.75 Å². The van der Waals surface area contributed by atoms with E-state index in [2.05, 4.69) is 5.16 Å². The van der Waals surface area contributed by atoms with Crippen LogP contribution in [-0.4, -0.2) is 22.1 Å². The van der Waals surface area contributed by atoms with Gasteiger partial charge in [-0.2, -0.15) is 0 Å². The average molecular weight is 253 g/mol. The van der Waals surface area contributed by atoms with E-state index in [1.54, 1.807) is 19.9 Å². The van der Waals surface area contributed by atoms with E-state index in [1.807, 2.05) is 0 Å². The third-order valence-corrected chi connectivity index (χ3v) is 2.40. The van der Waals surface area contributed by atoms with Crippen molar-refractivity contribution in [3.63, 3.8) is 0 Å². The predicted molar refractivity (Wildman–Crippen MR) is 65.9 cm³/mol. The molecular formula is C11H15N3O4. The normalized spacial score (nSPS) is 13.1. The van der Waals surface area contributed by atoms with Crippen LogP contribution in [0.4, 0.5) is 5.69 Å². The molecule has 7 heteroatoms. The number of hydrogen-bond acceptors (Lipinski definition) is 5. The molecule has 0 bridgehead atoms. The van der Waals surface area contributed by atoms with E-state index in [1.165, 1.54) is 12.1 Å². The highest BCUT2D eigenvalue weighted by atomic mass is 16.6. The Morgan fingerprint density at radius 3 is 2.83 bits per heavy atom. The van der Waals surface area contributed by atoms with Gasteiger partial charge in [0.25, 0.3) is 0 Å². The van der Waals surface area contributed by atoms with E-state index >= 15 is 0 Å². The summed E-state index contributed by atoms with van der Waals surface area (Å²) in [5.74, 6) is -0.0172. The van der Waals surface area contributed by atoms with Crippen LogP contribution in [0, 0.1) is 17.0 Å². The Morgan fingerprint density at radius 2 is 2.33 bits per heavy atom. The zero-order chi connectivity index (χ0) is 13.7. The summed E-state index contributed by atoms with van der Waals surface area (Å²) in [6, 6.07) is 4.61. The molecule has 0 aromatic heterocycles. The number of ether oxygens (including phenoxy) is 1. The first-order chi connectivity index (χ1) is 8.49. The fourth-order valence-electron chi connectivity index (χ4n) is 1.44. The summed E-state index contributed by atoms with van der Waals surface area (Å²) in [6.45, 7) is 3.51. The van der Waals surface area contributed by atoms with Gasteiger partial charge in [0.2, 0.25) is 0 Å². The van der Waals surface area contributed by atoms with Gasteiger partial charge in [0, 0.05) is 6.07 Å². The monoisotopic (exact) mass is 253 g/mol. The van der Waals surface area contributed by atoms with Crippen molar-refractivity contribution >= 4 is 11.5 Å². The van der Waals surface area contributed by atoms with Gasteiger partial charge < -0.3 is 15.7 Å². The Kier molecular flexibility index (Phi) is 4.47. The first kappa shape index (κ1) is 13.8. The third-order valence-electron chi connectivity index (χ3n) is 2.40. The lowest BCUT2D eigenvalue weighted by Gasteiger charge is -2.15. The van der Waals surface area contributed by atoms with E-state index in [4.69, 9.17) is 15.7 Å². The van der Waals surface area contributed by atoms with Crippen LogP contribution < -0.4 is 10.5 Å². The van der Waals surface area contributed by atoms with Gasteiger partial charge in [-0.1, -0.05) is 18.1 Å². The molecule has 0 aliphatic carbocycles. The van der Waals surface area contributed by atoms with Crippen LogP contribution in [-0.2, 0) is 0 Å². The van der Waals surface area contributed by atoms with E-state index in [-0.39, 0.29) is 17.3 Å². The number of nitro groups is 1. The minimum absolute atomic E-state index is 0.101. The van der Waals surface area contributed by atoms with Gasteiger partial charge in [0.15, 0.2) is 17.7 Å². The highest BCUT2D eigenvalue weighted by Gasteiger charge is 2.20. The second kappa shape index (κ2) is 5.85. The number of amidine groups is 1. The molecule has 3 N–H and O–H groups in total. The first-order valence-electron chi connectivity index (χ1n) is 5.38. The summed E-state index contributed by atoms with van der Waals surface area (Å²) in [7, 11) is 0. The maximum Gasteiger partial charge on any atom is 0.311 e. The van der Waals surface area contributed by atoms with Crippen LogP contribution in [0.3, 0.4) is 0 Å². The second-order valence-corrected chi connectivity index (χ2v) is 3.77. The number of benzene rings is 1. The molecule has 1 atom stereocenters. The number of nitro benzene ring substituents is 1. The number of oxime groups is 1. The molecule has 7 nitrogen and oxygen atoms in total. The standard InChI is InChI=1S/C11H15N3O4/c1-3-9(11(12)13-15)18-10-5-4-7(2)6-8(10)14(16)17/h4-6,9,15H,3H2,1-2H3,(H2,12,13). The summed E-state index contributed by atoms with van der Waals surface area (Å²) < 4.78 is 5.41. The molecule has 1 unspecified atom stereocenters. The molecule has 18 heavy (non-hydrogen) atoms. The van der Waals surface area contributed by atoms with E-state index in [0.29, 0.717) is 6.42 Å². The molecule has 0 heterocycles. The van der Waals surface area contributed by atoms with Crippen molar-refractivity contribution in [3.05, 3.63) is 33.9 Å². The van der Waals surface area contributed by atoms with Gasteiger partial charge in [0.05, 0.1) is 4.92 Å². The molecule has 0 aliphatic heterocycles.